The minimum atomic E-state index is -0.732. The number of thiazole rings is 1. The summed E-state index contributed by atoms with van der Waals surface area (Å²) in [7, 11) is 0. The van der Waals surface area contributed by atoms with Crippen LogP contribution in [0.25, 0.3) is 11.8 Å². The molecular weight excluding hydrogens is 476 g/mol. The summed E-state index contributed by atoms with van der Waals surface area (Å²) in [5.41, 5.74) is 2.04. The molecule has 2 aromatic carbocycles. The minimum Gasteiger partial charge on any atom is -0.494 e. The zero-order valence-corrected chi connectivity index (χ0v) is 20.7. The van der Waals surface area contributed by atoms with Gasteiger partial charge in [0.1, 0.15) is 11.5 Å². The molecule has 0 amide bonds. The first-order chi connectivity index (χ1) is 17.6. The van der Waals surface area contributed by atoms with E-state index < -0.39 is 12.0 Å². The minimum absolute atomic E-state index is 0.198. The summed E-state index contributed by atoms with van der Waals surface area (Å²) >= 11 is 1.25. The van der Waals surface area contributed by atoms with Crippen LogP contribution in [0.15, 0.2) is 92.8 Å². The Balaban J connectivity index is 1.80. The zero-order chi connectivity index (χ0) is 25.1. The van der Waals surface area contributed by atoms with Crippen LogP contribution in [-0.4, -0.2) is 23.8 Å². The summed E-state index contributed by atoms with van der Waals surface area (Å²) < 4.78 is 18.5. The normalized spacial score (nSPS) is 15.4. The van der Waals surface area contributed by atoms with Crippen molar-refractivity contribution in [3.63, 3.8) is 0 Å². The molecule has 7 nitrogen and oxygen atoms in total. The van der Waals surface area contributed by atoms with E-state index in [0.29, 0.717) is 38.7 Å². The van der Waals surface area contributed by atoms with E-state index in [9.17, 15) is 9.59 Å². The first-order valence-electron chi connectivity index (χ1n) is 11.7. The van der Waals surface area contributed by atoms with E-state index in [0.717, 1.165) is 11.1 Å². The van der Waals surface area contributed by atoms with Gasteiger partial charge in [-0.2, -0.15) is 0 Å². The van der Waals surface area contributed by atoms with Crippen molar-refractivity contribution in [1.29, 1.82) is 0 Å². The van der Waals surface area contributed by atoms with Crippen LogP contribution in [0.2, 0.25) is 0 Å². The third kappa shape index (κ3) is 4.43. The Morgan fingerprint density at radius 3 is 2.50 bits per heavy atom. The molecular formula is C28H24N2O5S. The smallest absolute Gasteiger partial charge is 0.338 e. The number of aromatic nitrogens is 1. The van der Waals surface area contributed by atoms with Crippen LogP contribution >= 0.6 is 11.3 Å². The monoisotopic (exact) mass is 500 g/mol. The summed E-state index contributed by atoms with van der Waals surface area (Å²) in [6.07, 6.45) is 3.24. The second kappa shape index (κ2) is 10.2. The van der Waals surface area contributed by atoms with Crippen molar-refractivity contribution in [3.05, 3.63) is 115 Å². The second-order valence-corrected chi connectivity index (χ2v) is 8.96. The number of carbonyl (C=O) groups excluding carboxylic acids is 1. The zero-order valence-electron chi connectivity index (χ0n) is 19.8. The average molecular weight is 501 g/mol. The van der Waals surface area contributed by atoms with E-state index in [2.05, 4.69) is 0 Å². The summed E-state index contributed by atoms with van der Waals surface area (Å²) in [5.74, 6) is 0.751. The molecule has 0 bridgehead atoms. The van der Waals surface area contributed by atoms with Gasteiger partial charge < -0.3 is 13.9 Å². The lowest BCUT2D eigenvalue weighted by Crippen LogP contribution is -2.40. The van der Waals surface area contributed by atoms with E-state index in [-0.39, 0.29) is 12.2 Å². The van der Waals surface area contributed by atoms with E-state index in [4.69, 9.17) is 18.9 Å². The van der Waals surface area contributed by atoms with Gasteiger partial charge in [0, 0.05) is 11.6 Å². The number of nitrogens with zero attached hydrogens (tertiary/aromatic N) is 2. The number of fused-ring (bicyclic) bond motifs is 1. The molecule has 1 aliphatic heterocycles. The lowest BCUT2D eigenvalue weighted by atomic mass is 9.93. The second-order valence-electron chi connectivity index (χ2n) is 7.95. The molecule has 0 fully saturated rings. The predicted octanol–water partition coefficient (Wildman–Crippen LogP) is 3.93. The maximum absolute atomic E-state index is 13.7. The Bertz CT molecular complexity index is 1580. The third-order valence-electron chi connectivity index (χ3n) is 5.70. The van der Waals surface area contributed by atoms with Gasteiger partial charge in [0.15, 0.2) is 4.80 Å². The molecule has 4 aromatic rings. The highest BCUT2D eigenvalue weighted by atomic mass is 32.1. The van der Waals surface area contributed by atoms with Crippen molar-refractivity contribution in [3.8, 4) is 5.75 Å². The Labute approximate surface area is 211 Å². The largest absolute Gasteiger partial charge is 0.494 e. The molecule has 0 saturated carbocycles. The fourth-order valence-electron chi connectivity index (χ4n) is 4.17. The van der Waals surface area contributed by atoms with Gasteiger partial charge in [-0.3, -0.25) is 9.36 Å². The van der Waals surface area contributed by atoms with Gasteiger partial charge in [-0.05, 0) is 43.7 Å². The molecule has 3 heterocycles. The van der Waals surface area contributed by atoms with E-state index in [1.165, 1.54) is 11.3 Å². The Morgan fingerprint density at radius 2 is 1.83 bits per heavy atom. The van der Waals surface area contributed by atoms with Crippen LogP contribution < -0.4 is 19.6 Å². The van der Waals surface area contributed by atoms with E-state index >= 15 is 0 Å². The summed E-state index contributed by atoms with van der Waals surface area (Å²) in [5, 5.41) is 0. The molecule has 2 aromatic heterocycles. The molecule has 8 heteroatoms. The van der Waals surface area contributed by atoms with Crippen LogP contribution in [0.5, 0.6) is 5.75 Å². The Hall–Kier alpha value is -4.17. The Kier molecular flexibility index (Phi) is 6.69. The van der Waals surface area contributed by atoms with Crippen LogP contribution in [0.1, 0.15) is 36.8 Å². The summed E-state index contributed by atoms with van der Waals surface area (Å²) in [6.45, 7) is 4.40. The number of carbonyl (C=O) groups is 1. The van der Waals surface area contributed by atoms with Crippen LogP contribution in [0.4, 0.5) is 0 Å². The van der Waals surface area contributed by atoms with Crippen molar-refractivity contribution in [1.82, 2.24) is 4.57 Å². The summed E-state index contributed by atoms with van der Waals surface area (Å²) in [6, 6.07) is 19.7. The van der Waals surface area contributed by atoms with Gasteiger partial charge in [-0.1, -0.05) is 53.8 Å². The maximum Gasteiger partial charge on any atom is 0.338 e. The molecule has 0 unspecified atom stereocenters. The lowest BCUT2D eigenvalue weighted by Gasteiger charge is -2.26. The molecule has 1 aliphatic rings. The van der Waals surface area contributed by atoms with Gasteiger partial charge in [0.05, 0.1) is 41.3 Å². The number of hydrogen-bond donors (Lipinski definition) is 0. The number of rotatable bonds is 7. The molecule has 36 heavy (non-hydrogen) atoms. The van der Waals surface area contributed by atoms with Crippen LogP contribution in [0, 0.1) is 0 Å². The van der Waals surface area contributed by atoms with Crippen molar-refractivity contribution >= 4 is 29.1 Å². The van der Waals surface area contributed by atoms with Gasteiger partial charge in [-0.25, -0.2) is 9.79 Å². The quantitative estimate of drug-likeness (QED) is 0.359. The van der Waals surface area contributed by atoms with Gasteiger partial charge in [0.25, 0.3) is 5.56 Å². The van der Waals surface area contributed by atoms with Crippen molar-refractivity contribution < 1.29 is 18.7 Å². The molecule has 5 rings (SSSR count). The van der Waals surface area contributed by atoms with Gasteiger partial charge in [-0.15, -0.1) is 0 Å². The predicted molar refractivity (Wildman–Crippen MR) is 137 cm³/mol. The lowest BCUT2D eigenvalue weighted by molar-refractivity contribution is -0.138. The van der Waals surface area contributed by atoms with Crippen molar-refractivity contribution in [2.45, 2.75) is 19.9 Å². The van der Waals surface area contributed by atoms with Crippen molar-refractivity contribution in [2.24, 2.45) is 4.99 Å². The van der Waals surface area contributed by atoms with Crippen molar-refractivity contribution in [2.75, 3.05) is 13.2 Å². The number of ether oxygens (including phenoxy) is 2. The van der Waals surface area contributed by atoms with Gasteiger partial charge in [0.2, 0.25) is 0 Å². The highest BCUT2D eigenvalue weighted by Gasteiger charge is 2.35. The highest BCUT2D eigenvalue weighted by Crippen LogP contribution is 2.35. The molecule has 0 saturated heterocycles. The van der Waals surface area contributed by atoms with E-state index in [1.54, 1.807) is 36.0 Å². The molecule has 0 N–H and O–H groups in total. The Morgan fingerprint density at radius 1 is 1.06 bits per heavy atom. The first-order valence-corrected chi connectivity index (χ1v) is 12.5. The number of benzene rings is 2. The fourth-order valence-corrected chi connectivity index (χ4v) is 5.15. The SMILES string of the molecule is CCOC(=O)C1=C(c2ccccc2)N=c2sc(=Cc3ccco3)c(=O)n2[C@H]1c1ccc(OCC)cc1. The molecule has 1 atom stereocenters. The van der Waals surface area contributed by atoms with E-state index in [1.807, 2.05) is 61.5 Å². The molecule has 0 spiro atoms. The molecule has 0 aliphatic carbocycles. The topological polar surface area (TPSA) is 83.0 Å². The van der Waals surface area contributed by atoms with Gasteiger partial charge >= 0.3 is 5.97 Å². The maximum atomic E-state index is 13.7. The van der Waals surface area contributed by atoms with Crippen LogP contribution in [-0.2, 0) is 9.53 Å². The third-order valence-corrected chi connectivity index (χ3v) is 6.68. The number of furan rings is 1. The average Bonchev–Trinajstić information content (AvgIpc) is 3.52. The first kappa shape index (κ1) is 23.6. The number of hydrogen-bond acceptors (Lipinski definition) is 7. The summed E-state index contributed by atoms with van der Waals surface area (Å²) in [4.78, 5) is 32.4. The number of esters is 1. The highest BCUT2D eigenvalue weighted by molar-refractivity contribution is 7.07. The molecule has 0 radical (unpaired) electrons. The fraction of sp³-hybridized carbons (Fsp3) is 0.179. The standard InChI is InChI=1S/C28H24N2O5S/c1-3-33-20-14-12-19(13-15-20)25-23(27(32)34-4-2)24(18-9-6-5-7-10-18)29-28-30(25)26(31)22(36-28)17-21-11-8-16-35-21/h5-17,25H,3-4H2,1-2H3/t25-/m0/s1. The van der Waals surface area contributed by atoms with Crippen LogP contribution in [0.3, 0.4) is 0 Å². The molecule has 182 valence electrons.